The number of hydrogen-bond acceptors (Lipinski definition) is 6. The molecule has 3 amide bonds. The summed E-state index contributed by atoms with van der Waals surface area (Å²) in [6, 6.07) is 10.4. The van der Waals surface area contributed by atoms with Crippen molar-refractivity contribution in [2.24, 2.45) is 0 Å². The molecule has 0 saturated heterocycles. The van der Waals surface area contributed by atoms with Gasteiger partial charge in [0.25, 0.3) is 5.91 Å². The zero-order valence-corrected chi connectivity index (χ0v) is 17.7. The Balaban J connectivity index is 1.50. The zero-order chi connectivity index (χ0) is 20.8. The zero-order valence-electron chi connectivity index (χ0n) is 15.3. The number of amides is 3. The van der Waals surface area contributed by atoms with E-state index < -0.39 is 5.91 Å². The van der Waals surface area contributed by atoms with E-state index in [9.17, 15) is 14.4 Å². The largest absolute Gasteiger partial charge is 0.459 e. The van der Waals surface area contributed by atoms with Crippen LogP contribution in [0.1, 0.15) is 16.2 Å². The number of hydrogen-bond donors (Lipinski definition) is 2. The summed E-state index contributed by atoms with van der Waals surface area (Å²) in [6.45, 7) is -0.0909. The molecule has 0 saturated carbocycles. The predicted molar refractivity (Wildman–Crippen MR) is 113 cm³/mol. The maximum absolute atomic E-state index is 12.4. The van der Waals surface area contributed by atoms with E-state index in [2.05, 4.69) is 31.5 Å². The first-order chi connectivity index (χ1) is 13.9. The van der Waals surface area contributed by atoms with Crippen LogP contribution in [0.3, 0.4) is 0 Å². The molecule has 150 valence electrons. The molecule has 2 N–H and O–H groups in total. The number of furan rings is 1. The summed E-state index contributed by atoms with van der Waals surface area (Å²) in [7, 11) is 1.55. The first-order valence-corrected chi connectivity index (χ1v) is 10.2. The lowest BCUT2D eigenvalue weighted by molar-refractivity contribution is -0.132. The van der Waals surface area contributed by atoms with Gasteiger partial charge in [-0.1, -0.05) is 12.1 Å². The molecule has 2 heterocycles. The highest BCUT2D eigenvalue weighted by Gasteiger charge is 2.17. The number of para-hydroxylation sites is 1. The number of anilines is 2. The highest BCUT2D eigenvalue weighted by molar-refractivity contribution is 9.10. The second-order valence-corrected chi connectivity index (χ2v) is 7.74. The van der Waals surface area contributed by atoms with E-state index in [1.165, 1.54) is 22.5 Å². The van der Waals surface area contributed by atoms with Gasteiger partial charge in [0.2, 0.25) is 11.8 Å². The molecule has 1 aromatic carbocycles. The van der Waals surface area contributed by atoms with Crippen LogP contribution < -0.4 is 10.6 Å². The number of benzene rings is 1. The molecule has 0 unspecified atom stereocenters. The van der Waals surface area contributed by atoms with Gasteiger partial charge in [-0.15, -0.1) is 11.3 Å². The molecule has 3 aromatic rings. The maximum Gasteiger partial charge on any atom is 0.293 e. The van der Waals surface area contributed by atoms with Crippen molar-refractivity contribution < 1.29 is 18.8 Å². The SMILES string of the molecule is CN(CC(=O)Nc1ccccc1Br)C(=O)Cc1csc(NC(=O)c2ccco2)n1. The van der Waals surface area contributed by atoms with Crippen LogP contribution >= 0.6 is 27.3 Å². The van der Waals surface area contributed by atoms with Crippen LogP contribution in [0.2, 0.25) is 0 Å². The third kappa shape index (κ3) is 5.75. The van der Waals surface area contributed by atoms with Crippen molar-refractivity contribution in [1.29, 1.82) is 0 Å². The molecule has 0 aliphatic rings. The summed E-state index contributed by atoms with van der Waals surface area (Å²) in [5.41, 5.74) is 1.14. The fourth-order valence-corrected chi connectivity index (χ4v) is 3.45. The molecular formula is C19H17BrN4O4S. The van der Waals surface area contributed by atoms with Gasteiger partial charge in [0.05, 0.1) is 30.6 Å². The van der Waals surface area contributed by atoms with E-state index >= 15 is 0 Å². The van der Waals surface area contributed by atoms with Crippen molar-refractivity contribution >= 4 is 55.8 Å². The topological polar surface area (TPSA) is 105 Å². The molecule has 2 aromatic heterocycles. The van der Waals surface area contributed by atoms with E-state index in [0.29, 0.717) is 16.5 Å². The van der Waals surface area contributed by atoms with E-state index in [4.69, 9.17) is 4.42 Å². The molecule has 0 fully saturated rings. The average molecular weight is 477 g/mol. The number of thiazole rings is 1. The minimum Gasteiger partial charge on any atom is -0.459 e. The highest BCUT2D eigenvalue weighted by atomic mass is 79.9. The summed E-state index contributed by atoms with van der Waals surface area (Å²) < 4.78 is 5.78. The van der Waals surface area contributed by atoms with Gasteiger partial charge in [0.15, 0.2) is 10.9 Å². The Hall–Kier alpha value is -2.98. The molecule has 29 heavy (non-hydrogen) atoms. The average Bonchev–Trinajstić information content (AvgIpc) is 3.36. The Morgan fingerprint density at radius 1 is 1.17 bits per heavy atom. The van der Waals surface area contributed by atoms with Gasteiger partial charge in [-0.3, -0.25) is 19.7 Å². The van der Waals surface area contributed by atoms with Crippen LogP contribution in [0.4, 0.5) is 10.8 Å². The van der Waals surface area contributed by atoms with Gasteiger partial charge in [-0.05, 0) is 40.2 Å². The van der Waals surface area contributed by atoms with Crippen LogP contribution in [0.15, 0.2) is 56.9 Å². The van der Waals surface area contributed by atoms with E-state index in [1.54, 1.807) is 36.7 Å². The number of carbonyl (C=O) groups is 3. The fourth-order valence-electron chi connectivity index (χ4n) is 2.36. The van der Waals surface area contributed by atoms with Crippen molar-refractivity contribution in [3.8, 4) is 0 Å². The first kappa shape index (κ1) is 20.7. The van der Waals surface area contributed by atoms with Crippen molar-refractivity contribution in [3.63, 3.8) is 0 Å². The summed E-state index contributed by atoms with van der Waals surface area (Å²) in [5, 5.41) is 7.41. The molecule has 8 nitrogen and oxygen atoms in total. The molecule has 0 aliphatic carbocycles. The lowest BCUT2D eigenvalue weighted by Gasteiger charge is -2.16. The second-order valence-electron chi connectivity index (χ2n) is 6.03. The van der Waals surface area contributed by atoms with Crippen molar-refractivity contribution in [2.45, 2.75) is 6.42 Å². The Morgan fingerprint density at radius 3 is 2.69 bits per heavy atom. The monoisotopic (exact) mass is 476 g/mol. The number of nitrogens with one attached hydrogen (secondary N) is 2. The van der Waals surface area contributed by atoms with Crippen LogP contribution in [-0.2, 0) is 16.0 Å². The molecule has 0 bridgehead atoms. The third-order valence-electron chi connectivity index (χ3n) is 3.80. The predicted octanol–water partition coefficient (Wildman–Crippen LogP) is 3.39. The number of likely N-dealkylation sites (N-methyl/N-ethyl adjacent to an activating group) is 1. The lowest BCUT2D eigenvalue weighted by atomic mass is 10.3. The molecule has 0 atom stereocenters. The Labute approximate surface area is 179 Å². The normalized spacial score (nSPS) is 10.4. The van der Waals surface area contributed by atoms with Crippen LogP contribution in [-0.4, -0.2) is 41.2 Å². The van der Waals surface area contributed by atoms with Gasteiger partial charge in [0.1, 0.15) is 0 Å². The number of nitrogens with zero attached hydrogens (tertiary/aromatic N) is 2. The molecule has 10 heteroatoms. The molecule has 0 aliphatic heterocycles. The maximum atomic E-state index is 12.4. The number of halogens is 1. The van der Waals surface area contributed by atoms with Gasteiger partial charge in [0, 0.05) is 16.9 Å². The minimum absolute atomic E-state index is 0.0198. The smallest absolute Gasteiger partial charge is 0.293 e. The molecule has 3 rings (SSSR count). The fraction of sp³-hybridized carbons (Fsp3) is 0.158. The second kappa shape index (κ2) is 9.48. The minimum atomic E-state index is -0.414. The van der Waals surface area contributed by atoms with E-state index in [-0.39, 0.29) is 30.5 Å². The Bertz CT molecular complexity index is 1020. The van der Waals surface area contributed by atoms with E-state index in [0.717, 1.165) is 4.47 Å². The molecule has 0 spiro atoms. The summed E-state index contributed by atoms with van der Waals surface area (Å²) >= 11 is 4.56. The van der Waals surface area contributed by atoms with Crippen molar-refractivity contribution in [3.05, 3.63) is 64.0 Å². The van der Waals surface area contributed by atoms with Crippen LogP contribution in [0, 0.1) is 0 Å². The highest BCUT2D eigenvalue weighted by Crippen LogP contribution is 2.21. The van der Waals surface area contributed by atoms with Gasteiger partial charge in [-0.2, -0.15) is 0 Å². The van der Waals surface area contributed by atoms with E-state index in [1.807, 2.05) is 12.1 Å². The van der Waals surface area contributed by atoms with Crippen LogP contribution in [0.25, 0.3) is 0 Å². The first-order valence-electron chi connectivity index (χ1n) is 8.50. The number of rotatable bonds is 7. The van der Waals surface area contributed by atoms with Crippen molar-refractivity contribution in [1.82, 2.24) is 9.88 Å². The Kier molecular flexibility index (Phi) is 6.78. The quantitative estimate of drug-likeness (QED) is 0.543. The number of carbonyl (C=O) groups excluding carboxylic acids is 3. The Morgan fingerprint density at radius 2 is 1.97 bits per heavy atom. The number of aromatic nitrogens is 1. The van der Waals surface area contributed by atoms with Gasteiger partial charge in [-0.25, -0.2) is 4.98 Å². The lowest BCUT2D eigenvalue weighted by Crippen LogP contribution is -2.35. The third-order valence-corrected chi connectivity index (χ3v) is 5.30. The van der Waals surface area contributed by atoms with Crippen molar-refractivity contribution in [2.75, 3.05) is 24.2 Å². The summed E-state index contributed by atoms with van der Waals surface area (Å²) in [4.78, 5) is 42.1. The summed E-state index contributed by atoms with van der Waals surface area (Å²) in [5.74, 6) is -0.810. The molecule has 0 radical (unpaired) electrons. The van der Waals surface area contributed by atoms with Gasteiger partial charge >= 0.3 is 0 Å². The molecular weight excluding hydrogens is 460 g/mol. The summed E-state index contributed by atoms with van der Waals surface area (Å²) in [6.07, 6.45) is 1.43. The van der Waals surface area contributed by atoms with Crippen LogP contribution in [0.5, 0.6) is 0 Å². The van der Waals surface area contributed by atoms with Gasteiger partial charge < -0.3 is 14.6 Å². The standard InChI is InChI=1S/C19H17BrN4O4S/c1-24(10-16(25)22-14-6-3-2-5-13(14)20)17(26)9-12-11-29-19(21-12)23-18(27)15-7-4-8-28-15/h2-8,11H,9-10H2,1H3,(H,22,25)(H,21,23,27).